The Morgan fingerprint density at radius 2 is 1.93 bits per heavy atom. The summed E-state index contributed by atoms with van der Waals surface area (Å²) in [6, 6.07) is 7.87. The predicted octanol–water partition coefficient (Wildman–Crippen LogP) is 3.27. The number of nitrogens with one attached hydrogen (secondary N) is 1. The fraction of sp³-hybridized carbons (Fsp3) is 0.538. The van der Waals surface area contributed by atoms with Gasteiger partial charge in [0.2, 0.25) is 0 Å². The summed E-state index contributed by atoms with van der Waals surface area (Å²) in [7, 11) is 0. The molecule has 0 saturated carbocycles. The minimum absolute atomic E-state index is 0. The van der Waals surface area contributed by atoms with Crippen LogP contribution < -0.4 is 5.32 Å². The first-order valence-corrected chi connectivity index (χ1v) is 4.95. The maximum absolute atomic E-state index is 8.96. The highest BCUT2D eigenvalue weighted by molar-refractivity contribution is 5.45. The largest absolute Gasteiger partial charge is 0.392 e. The lowest BCUT2D eigenvalue weighted by Gasteiger charge is -2.19. The van der Waals surface area contributed by atoms with Crippen LogP contribution in [0.1, 0.15) is 33.8 Å². The molecular formula is C13H23NO. The van der Waals surface area contributed by atoms with Crippen LogP contribution in [-0.4, -0.2) is 11.7 Å². The lowest BCUT2D eigenvalue weighted by Crippen LogP contribution is -2.18. The van der Waals surface area contributed by atoms with Crippen molar-refractivity contribution in [1.29, 1.82) is 0 Å². The van der Waals surface area contributed by atoms with Crippen LogP contribution in [0.25, 0.3) is 0 Å². The molecule has 0 aliphatic carbocycles. The number of anilines is 1. The van der Waals surface area contributed by atoms with E-state index in [2.05, 4.69) is 26.1 Å². The Morgan fingerprint density at radius 3 is 2.47 bits per heavy atom. The fourth-order valence-electron chi connectivity index (χ4n) is 1.15. The van der Waals surface area contributed by atoms with E-state index < -0.39 is 0 Å². The Balaban J connectivity index is 0.00000196. The average molecular weight is 209 g/mol. The smallest absolute Gasteiger partial charge is 0.0682 e. The van der Waals surface area contributed by atoms with E-state index >= 15 is 0 Å². The average Bonchev–Trinajstić information content (AvgIpc) is 2.14. The molecule has 0 aromatic heterocycles. The van der Waals surface area contributed by atoms with E-state index in [0.29, 0.717) is 0 Å². The van der Waals surface area contributed by atoms with E-state index in [4.69, 9.17) is 5.11 Å². The monoisotopic (exact) mass is 209 g/mol. The SMILES string of the molecule is C.CC(C)(C)CNc1cccc(CO)c1. The van der Waals surface area contributed by atoms with E-state index in [1.54, 1.807) is 0 Å². The molecule has 1 aromatic carbocycles. The Labute approximate surface area is 93.3 Å². The van der Waals surface area contributed by atoms with E-state index in [1.807, 2.05) is 24.3 Å². The molecule has 0 aliphatic heterocycles. The topological polar surface area (TPSA) is 32.3 Å². The number of hydrogen-bond donors (Lipinski definition) is 2. The van der Waals surface area contributed by atoms with Gasteiger partial charge in [-0.05, 0) is 23.1 Å². The third-order valence-corrected chi connectivity index (χ3v) is 1.93. The van der Waals surface area contributed by atoms with Crippen LogP contribution in [0.15, 0.2) is 24.3 Å². The first-order chi connectivity index (χ1) is 6.51. The van der Waals surface area contributed by atoms with Crippen molar-refractivity contribution in [3.8, 4) is 0 Å². The second-order valence-corrected chi connectivity index (χ2v) is 4.77. The zero-order chi connectivity index (χ0) is 10.6. The second-order valence-electron chi connectivity index (χ2n) is 4.77. The van der Waals surface area contributed by atoms with Crippen molar-refractivity contribution in [2.24, 2.45) is 5.41 Å². The van der Waals surface area contributed by atoms with Crippen LogP contribution in [-0.2, 0) is 6.61 Å². The Morgan fingerprint density at radius 1 is 1.27 bits per heavy atom. The third kappa shape index (κ3) is 5.43. The number of aliphatic hydroxyl groups excluding tert-OH is 1. The maximum atomic E-state index is 8.96. The van der Waals surface area contributed by atoms with Gasteiger partial charge in [0.05, 0.1) is 6.61 Å². The van der Waals surface area contributed by atoms with Crippen LogP contribution in [0, 0.1) is 5.41 Å². The van der Waals surface area contributed by atoms with Crippen LogP contribution >= 0.6 is 0 Å². The summed E-state index contributed by atoms with van der Waals surface area (Å²) in [6.07, 6.45) is 0. The molecule has 0 aliphatic rings. The number of rotatable bonds is 3. The van der Waals surface area contributed by atoms with Crippen molar-refractivity contribution in [3.63, 3.8) is 0 Å². The number of hydrogen-bond acceptors (Lipinski definition) is 2. The number of benzene rings is 1. The van der Waals surface area contributed by atoms with Crippen molar-refractivity contribution < 1.29 is 5.11 Å². The van der Waals surface area contributed by atoms with Crippen LogP contribution in [0.4, 0.5) is 5.69 Å². The van der Waals surface area contributed by atoms with Gasteiger partial charge in [0.25, 0.3) is 0 Å². The summed E-state index contributed by atoms with van der Waals surface area (Å²) in [5.41, 5.74) is 2.30. The molecule has 0 fully saturated rings. The van der Waals surface area contributed by atoms with Gasteiger partial charge in [-0.3, -0.25) is 0 Å². The molecule has 2 heteroatoms. The molecule has 0 heterocycles. The molecule has 0 bridgehead atoms. The maximum Gasteiger partial charge on any atom is 0.0682 e. The first kappa shape index (κ1) is 14.0. The summed E-state index contributed by atoms with van der Waals surface area (Å²) < 4.78 is 0. The zero-order valence-corrected chi connectivity index (χ0v) is 9.17. The highest BCUT2D eigenvalue weighted by Crippen LogP contribution is 2.16. The quantitative estimate of drug-likeness (QED) is 0.800. The molecule has 0 spiro atoms. The standard InChI is InChI=1S/C12H19NO.CH4/c1-12(2,3)9-13-11-6-4-5-10(7-11)8-14;/h4-7,13-14H,8-9H2,1-3H3;1H4. The molecule has 2 N–H and O–H groups in total. The van der Waals surface area contributed by atoms with E-state index in [9.17, 15) is 0 Å². The predicted molar refractivity (Wildman–Crippen MR) is 67.0 cm³/mol. The summed E-state index contributed by atoms with van der Waals surface area (Å²) >= 11 is 0. The highest BCUT2D eigenvalue weighted by Gasteiger charge is 2.08. The van der Waals surface area contributed by atoms with E-state index in [1.165, 1.54) is 0 Å². The Kier molecular flexibility index (Phi) is 5.37. The molecule has 1 rings (SSSR count). The lowest BCUT2D eigenvalue weighted by molar-refractivity contribution is 0.282. The van der Waals surface area contributed by atoms with Crippen molar-refractivity contribution in [1.82, 2.24) is 0 Å². The van der Waals surface area contributed by atoms with E-state index in [-0.39, 0.29) is 19.4 Å². The molecule has 1 aromatic rings. The number of aliphatic hydroxyl groups is 1. The van der Waals surface area contributed by atoms with Crippen LogP contribution in [0.3, 0.4) is 0 Å². The Hall–Kier alpha value is -1.02. The second kappa shape index (κ2) is 5.76. The van der Waals surface area contributed by atoms with Gasteiger partial charge >= 0.3 is 0 Å². The minimum atomic E-state index is 0. The van der Waals surface area contributed by atoms with Crippen LogP contribution in [0.2, 0.25) is 0 Å². The van der Waals surface area contributed by atoms with Gasteiger partial charge in [0.1, 0.15) is 0 Å². The first-order valence-electron chi connectivity index (χ1n) is 4.95. The molecule has 0 amide bonds. The zero-order valence-electron chi connectivity index (χ0n) is 9.17. The lowest BCUT2D eigenvalue weighted by atomic mass is 9.97. The normalized spacial score (nSPS) is 10.7. The Bertz CT molecular complexity index is 289. The van der Waals surface area contributed by atoms with Gasteiger partial charge in [-0.25, -0.2) is 0 Å². The van der Waals surface area contributed by atoms with Gasteiger partial charge < -0.3 is 10.4 Å². The molecule has 0 unspecified atom stereocenters. The van der Waals surface area contributed by atoms with Crippen molar-refractivity contribution in [2.45, 2.75) is 34.8 Å². The van der Waals surface area contributed by atoms with Gasteiger partial charge in [-0.1, -0.05) is 40.3 Å². The van der Waals surface area contributed by atoms with Gasteiger partial charge in [0.15, 0.2) is 0 Å². The summed E-state index contributed by atoms with van der Waals surface area (Å²) in [6.45, 7) is 7.61. The van der Waals surface area contributed by atoms with Gasteiger partial charge in [0, 0.05) is 12.2 Å². The van der Waals surface area contributed by atoms with Crippen LogP contribution in [0.5, 0.6) is 0 Å². The van der Waals surface area contributed by atoms with Crippen molar-refractivity contribution >= 4 is 5.69 Å². The molecule has 15 heavy (non-hydrogen) atoms. The highest BCUT2D eigenvalue weighted by atomic mass is 16.3. The molecule has 0 saturated heterocycles. The molecule has 0 atom stereocenters. The fourth-order valence-corrected chi connectivity index (χ4v) is 1.15. The molecule has 0 radical (unpaired) electrons. The van der Waals surface area contributed by atoms with Crippen molar-refractivity contribution in [2.75, 3.05) is 11.9 Å². The molecule has 2 nitrogen and oxygen atoms in total. The summed E-state index contributed by atoms with van der Waals surface area (Å²) in [5.74, 6) is 0. The summed E-state index contributed by atoms with van der Waals surface area (Å²) in [5, 5.41) is 12.3. The summed E-state index contributed by atoms with van der Waals surface area (Å²) in [4.78, 5) is 0. The van der Waals surface area contributed by atoms with Crippen molar-refractivity contribution in [3.05, 3.63) is 29.8 Å². The van der Waals surface area contributed by atoms with Gasteiger partial charge in [-0.2, -0.15) is 0 Å². The van der Waals surface area contributed by atoms with E-state index in [0.717, 1.165) is 17.8 Å². The minimum Gasteiger partial charge on any atom is -0.392 e. The molecular weight excluding hydrogens is 186 g/mol. The third-order valence-electron chi connectivity index (χ3n) is 1.93. The van der Waals surface area contributed by atoms with Gasteiger partial charge in [-0.15, -0.1) is 0 Å². The molecule has 86 valence electrons.